The van der Waals surface area contributed by atoms with Gasteiger partial charge in [0.05, 0.1) is 0 Å². The second kappa shape index (κ2) is 5.56. The van der Waals surface area contributed by atoms with Gasteiger partial charge in [0.1, 0.15) is 0 Å². The Morgan fingerprint density at radius 1 is 1.50 bits per heavy atom. The molecule has 1 aromatic rings. The minimum atomic E-state index is 0.547. The molecule has 0 aromatic carbocycles. The van der Waals surface area contributed by atoms with Gasteiger partial charge in [0.2, 0.25) is 0 Å². The van der Waals surface area contributed by atoms with Crippen molar-refractivity contribution in [3.05, 3.63) is 21.4 Å². The van der Waals surface area contributed by atoms with E-state index in [0.717, 1.165) is 5.92 Å². The number of hydrogen-bond donors (Lipinski definition) is 1. The molecular formula is C13H21NS2. The third-order valence-corrected chi connectivity index (χ3v) is 5.81. The lowest BCUT2D eigenvalue weighted by atomic mass is 9.97. The second-order valence-electron chi connectivity index (χ2n) is 4.55. The van der Waals surface area contributed by atoms with Crippen LogP contribution < -0.4 is 5.32 Å². The molecule has 1 aliphatic heterocycles. The van der Waals surface area contributed by atoms with Crippen molar-refractivity contribution in [2.24, 2.45) is 5.92 Å². The van der Waals surface area contributed by atoms with E-state index in [1.54, 1.807) is 15.3 Å². The summed E-state index contributed by atoms with van der Waals surface area (Å²) in [5.41, 5.74) is 1.60. The van der Waals surface area contributed by atoms with Crippen LogP contribution >= 0.6 is 23.1 Å². The van der Waals surface area contributed by atoms with Crippen LogP contribution in [0.4, 0.5) is 0 Å². The minimum absolute atomic E-state index is 0.547. The topological polar surface area (TPSA) is 12.0 Å². The predicted octanol–water partition coefficient (Wildman–Crippen LogP) is 3.84. The van der Waals surface area contributed by atoms with Gasteiger partial charge in [-0.25, -0.2) is 0 Å². The summed E-state index contributed by atoms with van der Waals surface area (Å²) in [4.78, 5) is 3.18. The zero-order chi connectivity index (χ0) is 11.5. The van der Waals surface area contributed by atoms with E-state index in [1.165, 1.54) is 24.3 Å². The molecule has 2 heterocycles. The van der Waals surface area contributed by atoms with Gasteiger partial charge >= 0.3 is 0 Å². The van der Waals surface area contributed by atoms with Gasteiger partial charge in [0, 0.05) is 21.5 Å². The molecule has 1 aromatic heterocycles. The molecule has 2 atom stereocenters. The van der Waals surface area contributed by atoms with Crippen LogP contribution in [0.2, 0.25) is 0 Å². The number of nitrogens with one attached hydrogen (secondary N) is 1. The van der Waals surface area contributed by atoms with Gasteiger partial charge in [-0.2, -0.15) is 11.8 Å². The van der Waals surface area contributed by atoms with Crippen molar-refractivity contribution in [2.75, 3.05) is 12.8 Å². The van der Waals surface area contributed by atoms with Crippen LogP contribution in [0.5, 0.6) is 0 Å². The molecule has 16 heavy (non-hydrogen) atoms. The summed E-state index contributed by atoms with van der Waals surface area (Å²) in [7, 11) is 2.09. The smallest absolute Gasteiger partial charge is 0.0438 e. The summed E-state index contributed by atoms with van der Waals surface area (Å²) >= 11 is 4.11. The fourth-order valence-electron chi connectivity index (χ4n) is 2.27. The van der Waals surface area contributed by atoms with Crippen molar-refractivity contribution in [3.8, 4) is 0 Å². The SMILES string of the molecule is CCC(C)C(NC)c1cc2c(s1)CCSC2. The molecule has 0 fully saturated rings. The molecule has 0 saturated carbocycles. The average molecular weight is 255 g/mol. The Balaban J connectivity index is 2.21. The van der Waals surface area contributed by atoms with Crippen molar-refractivity contribution < 1.29 is 0 Å². The Labute approximate surface area is 107 Å². The normalized spacial score (nSPS) is 19.2. The third-order valence-electron chi connectivity index (χ3n) is 3.48. The van der Waals surface area contributed by atoms with E-state index < -0.39 is 0 Å². The number of hydrogen-bond acceptors (Lipinski definition) is 3. The number of thioether (sulfide) groups is 1. The van der Waals surface area contributed by atoms with Gasteiger partial charge in [-0.15, -0.1) is 11.3 Å². The summed E-state index contributed by atoms with van der Waals surface area (Å²) in [6.45, 7) is 4.62. The lowest BCUT2D eigenvalue weighted by Crippen LogP contribution is -2.22. The Kier molecular flexibility index (Phi) is 4.34. The molecule has 2 rings (SSSR count). The van der Waals surface area contributed by atoms with Crippen molar-refractivity contribution in [1.29, 1.82) is 0 Å². The molecule has 0 spiro atoms. The van der Waals surface area contributed by atoms with E-state index in [1.807, 2.05) is 11.3 Å². The fourth-order valence-corrected chi connectivity index (χ4v) is 4.89. The fraction of sp³-hybridized carbons (Fsp3) is 0.692. The molecule has 1 aliphatic rings. The van der Waals surface area contributed by atoms with Gasteiger partial charge in [-0.3, -0.25) is 0 Å². The first kappa shape index (κ1) is 12.5. The number of fused-ring (bicyclic) bond motifs is 1. The molecule has 0 saturated heterocycles. The number of aryl methyl sites for hydroxylation is 1. The molecule has 1 nitrogen and oxygen atoms in total. The molecule has 1 N–H and O–H groups in total. The second-order valence-corrected chi connectivity index (χ2v) is 6.83. The first-order valence-electron chi connectivity index (χ1n) is 6.12. The van der Waals surface area contributed by atoms with Gasteiger partial charge in [-0.05, 0) is 36.8 Å². The number of thiophene rings is 1. The maximum atomic E-state index is 3.48. The van der Waals surface area contributed by atoms with Crippen LogP contribution in [-0.2, 0) is 12.2 Å². The molecule has 0 radical (unpaired) electrons. The largest absolute Gasteiger partial charge is 0.312 e. The van der Waals surface area contributed by atoms with Crippen molar-refractivity contribution in [1.82, 2.24) is 5.32 Å². The van der Waals surface area contributed by atoms with E-state index >= 15 is 0 Å². The zero-order valence-corrected chi connectivity index (χ0v) is 12.0. The lowest BCUT2D eigenvalue weighted by Gasteiger charge is -2.21. The summed E-state index contributed by atoms with van der Waals surface area (Å²) in [6, 6.07) is 2.99. The maximum Gasteiger partial charge on any atom is 0.0438 e. The standard InChI is InChI=1S/C13H21NS2/c1-4-9(2)13(14-3)12-7-10-8-15-6-5-11(10)16-12/h7,9,13-14H,4-6,8H2,1-3H3. The monoisotopic (exact) mass is 255 g/mol. The van der Waals surface area contributed by atoms with Crippen LogP contribution in [0.3, 0.4) is 0 Å². The predicted molar refractivity (Wildman–Crippen MR) is 75.4 cm³/mol. The molecule has 0 bridgehead atoms. The first-order valence-corrected chi connectivity index (χ1v) is 8.09. The summed E-state index contributed by atoms with van der Waals surface area (Å²) in [6.07, 6.45) is 2.52. The van der Waals surface area contributed by atoms with Crippen molar-refractivity contribution in [2.45, 2.75) is 38.5 Å². The van der Waals surface area contributed by atoms with Crippen LogP contribution in [0.1, 0.15) is 41.6 Å². The van der Waals surface area contributed by atoms with E-state index in [9.17, 15) is 0 Å². The highest BCUT2D eigenvalue weighted by Crippen LogP contribution is 2.36. The zero-order valence-electron chi connectivity index (χ0n) is 10.4. The van der Waals surface area contributed by atoms with Gasteiger partial charge < -0.3 is 5.32 Å². The van der Waals surface area contributed by atoms with E-state index in [2.05, 4.69) is 44.0 Å². The first-order chi connectivity index (χ1) is 7.76. The summed E-state index contributed by atoms with van der Waals surface area (Å²) < 4.78 is 0. The Bertz CT molecular complexity index is 322. The Hall–Kier alpha value is 0.01000. The van der Waals surface area contributed by atoms with Crippen LogP contribution in [0, 0.1) is 5.92 Å². The van der Waals surface area contributed by atoms with Crippen LogP contribution in [0.25, 0.3) is 0 Å². The van der Waals surface area contributed by atoms with E-state index in [4.69, 9.17) is 0 Å². The molecular weight excluding hydrogens is 234 g/mol. The van der Waals surface area contributed by atoms with Crippen molar-refractivity contribution in [3.63, 3.8) is 0 Å². The average Bonchev–Trinajstić information content (AvgIpc) is 2.72. The summed E-state index contributed by atoms with van der Waals surface area (Å²) in [5, 5.41) is 3.48. The Morgan fingerprint density at radius 2 is 2.31 bits per heavy atom. The third kappa shape index (κ3) is 2.47. The van der Waals surface area contributed by atoms with Crippen LogP contribution in [-0.4, -0.2) is 12.8 Å². The van der Waals surface area contributed by atoms with Gasteiger partial charge in [-0.1, -0.05) is 20.3 Å². The van der Waals surface area contributed by atoms with Crippen LogP contribution in [0.15, 0.2) is 6.07 Å². The van der Waals surface area contributed by atoms with E-state index in [-0.39, 0.29) is 0 Å². The highest BCUT2D eigenvalue weighted by atomic mass is 32.2. The molecule has 3 heteroatoms. The summed E-state index contributed by atoms with van der Waals surface area (Å²) in [5.74, 6) is 3.25. The lowest BCUT2D eigenvalue weighted by molar-refractivity contribution is 0.406. The highest BCUT2D eigenvalue weighted by Gasteiger charge is 2.21. The minimum Gasteiger partial charge on any atom is -0.312 e. The van der Waals surface area contributed by atoms with Crippen molar-refractivity contribution >= 4 is 23.1 Å². The molecule has 90 valence electrons. The molecule has 0 aliphatic carbocycles. The quantitative estimate of drug-likeness (QED) is 0.877. The van der Waals surface area contributed by atoms with Gasteiger partial charge in [0.25, 0.3) is 0 Å². The van der Waals surface area contributed by atoms with Gasteiger partial charge in [0.15, 0.2) is 0 Å². The number of rotatable bonds is 4. The van der Waals surface area contributed by atoms with E-state index in [0.29, 0.717) is 6.04 Å². The Morgan fingerprint density at radius 3 is 2.94 bits per heavy atom. The molecule has 0 amide bonds. The molecule has 2 unspecified atom stereocenters. The maximum absolute atomic E-state index is 3.48. The highest BCUT2D eigenvalue weighted by molar-refractivity contribution is 7.98.